The molecule has 1 aliphatic heterocycles. The van der Waals surface area contributed by atoms with Gasteiger partial charge in [0.25, 0.3) is 0 Å². The highest BCUT2D eigenvalue weighted by molar-refractivity contribution is 5.73. The van der Waals surface area contributed by atoms with Gasteiger partial charge in [0.1, 0.15) is 12.9 Å². The van der Waals surface area contributed by atoms with Gasteiger partial charge in [0.15, 0.2) is 6.20 Å². The van der Waals surface area contributed by atoms with Gasteiger partial charge in [-0.1, -0.05) is 6.07 Å². The molecule has 0 fully saturated rings. The van der Waals surface area contributed by atoms with Gasteiger partial charge in [0.2, 0.25) is 5.69 Å². The van der Waals surface area contributed by atoms with E-state index in [1.807, 2.05) is 37.0 Å². The van der Waals surface area contributed by atoms with Crippen LogP contribution in [0.3, 0.4) is 0 Å². The van der Waals surface area contributed by atoms with Crippen molar-refractivity contribution in [2.24, 2.45) is 7.05 Å². The van der Waals surface area contributed by atoms with Crippen molar-refractivity contribution in [3.8, 4) is 16.9 Å². The first-order valence-corrected chi connectivity index (χ1v) is 7.43. The Morgan fingerprint density at radius 1 is 1.23 bits per heavy atom. The third kappa shape index (κ3) is 1.75. The van der Waals surface area contributed by atoms with Crippen LogP contribution in [0.25, 0.3) is 16.9 Å². The summed E-state index contributed by atoms with van der Waals surface area (Å²) >= 11 is 0. The van der Waals surface area contributed by atoms with E-state index in [1.165, 1.54) is 16.7 Å². The molecule has 0 aliphatic carbocycles. The van der Waals surface area contributed by atoms with Gasteiger partial charge in [-0.15, -0.1) is 0 Å². The molecule has 0 saturated heterocycles. The van der Waals surface area contributed by atoms with E-state index in [0.29, 0.717) is 5.56 Å². The maximum absolute atomic E-state index is 7.73. The molecule has 3 aromatic rings. The molecule has 0 N–H and O–H groups in total. The lowest BCUT2D eigenvalue weighted by molar-refractivity contribution is -0.660. The van der Waals surface area contributed by atoms with Crippen LogP contribution in [0.1, 0.15) is 32.2 Å². The van der Waals surface area contributed by atoms with Gasteiger partial charge >= 0.3 is 0 Å². The first kappa shape index (κ1) is 10.3. The van der Waals surface area contributed by atoms with Crippen LogP contribution < -0.4 is 4.57 Å². The summed E-state index contributed by atoms with van der Waals surface area (Å²) in [5, 5.41) is 0. The Morgan fingerprint density at radius 2 is 2.09 bits per heavy atom. The van der Waals surface area contributed by atoms with Gasteiger partial charge in [-0.05, 0) is 43.5 Å². The topological polar surface area (TPSA) is 21.7 Å². The number of hydrogen-bond acceptors (Lipinski definition) is 1. The number of aryl methyl sites for hydroxylation is 4. The average Bonchev–Trinajstić information content (AvgIpc) is 3.09. The zero-order chi connectivity index (χ0) is 17.9. The number of nitrogens with zero attached hydrogens (tertiary/aromatic N) is 3. The maximum Gasteiger partial charge on any atom is 0.213 e. The van der Waals surface area contributed by atoms with Gasteiger partial charge in [0.05, 0.1) is 11.3 Å². The van der Waals surface area contributed by atoms with Crippen molar-refractivity contribution in [3.63, 3.8) is 0 Å². The van der Waals surface area contributed by atoms with Gasteiger partial charge in [-0.25, -0.2) is 9.55 Å². The number of aromatic nitrogens is 3. The number of imidazole rings is 1. The molecule has 0 spiro atoms. The van der Waals surface area contributed by atoms with Crippen LogP contribution in [-0.4, -0.2) is 9.55 Å². The number of benzene rings is 1. The predicted molar refractivity (Wildman–Crippen MR) is 87.2 cm³/mol. The van der Waals surface area contributed by atoms with E-state index in [2.05, 4.69) is 28.6 Å². The molecule has 0 amide bonds. The summed E-state index contributed by atoms with van der Waals surface area (Å²) in [6, 6.07) is 6.25. The summed E-state index contributed by atoms with van der Waals surface area (Å²) in [7, 11) is 1.91. The van der Waals surface area contributed by atoms with Crippen LogP contribution in [0, 0.1) is 20.7 Å². The molecule has 4 rings (SSSR count). The third-order valence-corrected chi connectivity index (χ3v) is 4.55. The quantitative estimate of drug-likeness (QED) is 0.494. The molecule has 1 aliphatic rings. The Bertz CT molecular complexity index is 1000. The third-order valence-electron chi connectivity index (χ3n) is 4.55. The van der Waals surface area contributed by atoms with E-state index in [9.17, 15) is 0 Å². The van der Waals surface area contributed by atoms with Crippen LogP contribution >= 0.6 is 0 Å². The first-order valence-electron chi connectivity index (χ1n) is 8.93. The lowest BCUT2D eigenvalue weighted by Crippen LogP contribution is -2.32. The van der Waals surface area contributed by atoms with E-state index in [4.69, 9.17) is 4.11 Å². The van der Waals surface area contributed by atoms with E-state index in [1.54, 1.807) is 6.20 Å². The number of pyridine rings is 1. The summed E-state index contributed by atoms with van der Waals surface area (Å²) in [5.41, 5.74) is 6.99. The van der Waals surface area contributed by atoms with Crippen LogP contribution in [0.4, 0.5) is 0 Å². The Labute approximate surface area is 135 Å². The van der Waals surface area contributed by atoms with Gasteiger partial charge in [-0.2, -0.15) is 0 Å². The molecule has 0 bridgehead atoms. The summed E-state index contributed by atoms with van der Waals surface area (Å²) in [6.45, 7) is 1.87. The monoisotopic (exact) mass is 293 g/mol. The largest absolute Gasteiger partial charge is 0.303 e. The smallest absolute Gasteiger partial charge is 0.213 e. The molecule has 0 atom stereocenters. The molecule has 0 unspecified atom stereocenters. The minimum Gasteiger partial charge on any atom is -0.303 e. The molecule has 3 nitrogen and oxygen atoms in total. The van der Waals surface area contributed by atoms with Crippen molar-refractivity contribution in [1.82, 2.24) is 9.55 Å². The zero-order valence-corrected chi connectivity index (χ0v) is 13.0. The number of hydrogen-bond donors (Lipinski definition) is 0. The highest BCUT2D eigenvalue weighted by Crippen LogP contribution is 2.36. The van der Waals surface area contributed by atoms with Crippen molar-refractivity contribution in [1.29, 1.82) is 0 Å². The molecule has 3 heteroatoms. The SMILES string of the molecule is [2H]C([2H])([2H])c1c[n+](C)c(-c2c(C)ccc3c2Cc2nccn2-3)cc1C. The van der Waals surface area contributed by atoms with Crippen LogP contribution in [0.2, 0.25) is 0 Å². The summed E-state index contributed by atoms with van der Waals surface area (Å²) < 4.78 is 27.2. The highest BCUT2D eigenvalue weighted by Gasteiger charge is 2.26. The van der Waals surface area contributed by atoms with E-state index in [-0.39, 0.29) is 0 Å². The highest BCUT2D eigenvalue weighted by atomic mass is 15.1. The summed E-state index contributed by atoms with van der Waals surface area (Å²) in [6.07, 6.45) is 6.35. The fraction of sp³-hybridized carbons (Fsp3) is 0.263. The lowest BCUT2D eigenvalue weighted by Gasteiger charge is -2.12. The summed E-state index contributed by atoms with van der Waals surface area (Å²) in [5.74, 6) is 1.04. The van der Waals surface area contributed by atoms with Gasteiger partial charge < -0.3 is 4.57 Å². The molecule has 22 heavy (non-hydrogen) atoms. The van der Waals surface area contributed by atoms with Crippen molar-refractivity contribution in [2.75, 3.05) is 0 Å². The molecular weight excluding hydrogens is 270 g/mol. The second kappa shape index (κ2) is 4.54. The molecule has 0 saturated carbocycles. The van der Waals surface area contributed by atoms with Crippen molar-refractivity contribution in [3.05, 3.63) is 64.9 Å². The van der Waals surface area contributed by atoms with Crippen molar-refractivity contribution < 1.29 is 8.68 Å². The van der Waals surface area contributed by atoms with Gasteiger partial charge in [-0.3, -0.25) is 0 Å². The number of rotatable bonds is 1. The predicted octanol–water partition coefficient (Wildman–Crippen LogP) is 3.19. The lowest BCUT2D eigenvalue weighted by atomic mass is 9.94. The van der Waals surface area contributed by atoms with Crippen LogP contribution in [0.15, 0.2) is 36.8 Å². The van der Waals surface area contributed by atoms with Crippen LogP contribution in [-0.2, 0) is 13.5 Å². The fourth-order valence-electron chi connectivity index (χ4n) is 3.36. The molecular formula is C19H20N3+. The van der Waals surface area contributed by atoms with Gasteiger partial charge in [0, 0.05) is 34.6 Å². The fourth-order valence-corrected chi connectivity index (χ4v) is 3.36. The normalized spacial score (nSPS) is 15.0. The van der Waals surface area contributed by atoms with Crippen molar-refractivity contribution >= 4 is 0 Å². The first-order chi connectivity index (χ1) is 11.8. The number of fused-ring (bicyclic) bond motifs is 3. The van der Waals surface area contributed by atoms with Crippen LogP contribution in [0.5, 0.6) is 0 Å². The van der Waals surface area contributed by atoms with Crippen molar-refractivity contribution in [2.45, 2.75) is 27.1 Å². The Balaban J connectivity index is 1.95. The molecule has 3 heterocycles. The average molecular weight is 293 g/mol. The molecule has 2 aromatic heterocycles. The van der Waals surface area contributed by atoms with E-state index < -0.39 is 6.85 Å². The molecule has 110 valence electrons. The maximum atomic E-state index is 7.73. The molecule has 0 radical (unpaired) electrons. The van der Waals surface area contributed by atoms with E-state index in [0.717, 1.165) is 29.2 Å². The Kier molecular flexibility index (Phi) is 2.13. The Morgan fingerprint density at radius 3 is 2.91 bits per heavy atom. The second-order valence-corrected chi connectivity index (χ2v) is 6.01. The minimum absolute atomic E-state index is 0.400. The standard InChI is InChI=1S/C19H20N3/c1-12-5-6-16-15(10-18-20-7-8-22(16)18)19(12)17-9-13(2)14(3)11-21(17)4/h5-9,11H,10H2,1-4H3/q+1/i3D3. The summed E-state index contributed by atoms with van der Waals surface area (Å²) in [4.78, 5) is 4.44. The second-order valence-electron chi connectivity index (χ2n) is 6.01. The van der Waals surface area contributed by atoms with E-state index >= 15 is 0 Å². The Hall–Kier alpha value is -2.42. The minimum atomic E-state index is -2.10. The molecule has 1 aromatic carbocycles. The zero-order valence-electron chi connectivity index (χ0n) is 16.0.